The lowest BCUT2D eigenvalue weighted by Gasteiger charge is -2.09. The molecule has 0 bridgehead atoms. The van der Waals surface area contributed by atoms with E-state index in [2.05, 4.69) is 20.2 Å². The Hall–Kier alpha value is -3.94. The number of hydrogen-bond acceptors (Lipinski definition) is 6. The summed E-state index contributed by atoms with van der Waals surface area (Å²) in [5, 5.41) is 8.50. The predicted octanol–water partition coefficient (Wildman–Crippen LogP) is 3.95. The van der Waals surface area contributed by atoms with Crippen molar-refractivity contribution in [1.29, 1.82) is 0 Å². The number of aromatic nitrogens is 6. The zero-order chi connectivity index (χ0) is 19.8. The van der Waals surface area contributed by atoms with Crippen LogP contribution in [0.3, 0.4) is 0 Å². The van der Waals surface area contributed by atoms with Crippen LogP contribution in [0.15, 0.2) is 70.2 Å². The van der Waals surface area contributed by atoms with E-state index >= 15 is 0 Å². The second kappa shape index (κ2) is 6.90. The van der Waals surface area contributed by atoms with Gasteiger partial charge in [-0.2, -0.15) is 10.1 Å². The Morgan fingerprint density at radius 1 is 1.07 bits per heavy atom. The van der Waals surface area contributed by atoms with Crippen molar-refractivity contribution in [3.63, 3.8) is 0 Å². The minimum Gasteiger partial charge on any atom is -0.459 e. The van der Waals surface area contributed by atoms with Gasteiger partial charge in [0, 0.05) is 23.9 Å². The average Bonchev–Trinajstić information content (AvgIpc) is 3.53. The van der Waals surface area contributed by atoms with Crippen LogP contribution in [-0.4, -0.2) is 29.5 Å². The first-order valence-corrected chi connectivity index (χ1v) is 9.16. The molecule has 0 radical (unpaired) electrons. The number of nitrogens with zero attached hydrogens (tertiary/aromatic N) is 6. The summed E-state index contributed by atoms with van der Waals surface area (Å²) in [6.45, 7) is 2.45. The number of rotatable bonds is 5. The zero-order valence-corrected chi connectivity index (χ0v) is 16.0. The fraction of sp³-hybridized carbons (Fsp3) is 0.143. The molecule has 0 unspecified atom stereocenters. The van der Waals surface area contributed by atoms with Gasteiger partial charge in [0.25, 0.3) is 5.89 Å². The summed E-state index contributed by atoms with van der Waals surface area (Å²) in [4.78, 5) is 9.14. The SMILES string of the molecule is Cc1c(-c2c(-c3ccccc3)ncn2Cc2noc(-c3ccco3)n2)cnn1C. The van der Waals surface area contributed by atoms with Crippen LogP contribution in [0.1, 0.15) is 11.5 Å². The highest BCUT2D eigenvalue weighted by atomic mass is 16.5. The Bertz CT molecular complexity index is 1250. The smallest absolute Gasteiger partial charge is 0.293 e. The zero-order valence-electron chi connectivity index (χ0n) is 16.0. The minimum absolute atomic E-state index is 0.354. The lowest BCUT2D eigenvalue weighted by atomic mass is 10.1. The quantitative estimate of drug-likeness (QED) is 0.454. The van der Waals surface area contributed by atoms with Crippen LogP contribution < -0.4 is 0 Å². The Balaban J connectivity index is 1.58. The van der Waals surface area contributed by atoms with Crippen molar-refractivity contribution >= 4 is 0 Å². The summed E-state index contributed by atoms with van der Waals surface area (Å²) in [6, 6.07) is 13.7. The summed E-state index contributed by atoms with van der Waals surface area (Å²) < 4.78 is 14.5. The van der Waals surface area contributed by atoms with E-state index in [1.165, 1.54) is 0 Å². The molecule has 144 valence electrons. The Morgan fingerprint density at radius 2 is 1.93 bits per heavy atom. The van der Waals surface area contributed by atoms with Gasteiger partial charge in [-0.3, -0.25) is 4.68 Å². The number of hydrogen-bond donors (Lipinski definition) is 0. The van der Waals surface area contributed by atoms with E-state index in [-0.39, 0.29) is 0 Å². The Kier molecular flexibility index (Phi) is 4.09. The van der Waals surface area contributed by atoms with E-state index < -0.39 is 0 Å². The number of aryl methyl sites for hydroxylation is 1. The first-order valence-electron chi connectivity index (χ1n) is 9.16. The van der Waals surface area contributed by atoms with Crippen LogP contribution >= 0.6 is 0 Å². The maximum absolute atomic E-state index is 5.34. The average molecular weight is 386 g/mol. The van der Waals surface area contributed by atoms with Gasteiger partial charge in [0.15, 0.2) is 11.6 Å². The van der Waals surface area contributed by atoms with Crippen molar-refractivity contribution in [2.75, 3.05) is 0 Å². The van der Waals surface area contributed by atoms with Gasteiger partial charge in [0.2, 0.25) is 0 Å². The highest BCUT2D eigenvalue weighted by Gasteiger charge is 2.20. The second-order valence-electron chi connectivity index (χ2n) is 6.70. The standard InChI is InChI=1S/C21H18N6O2/c1-14-16(11-23-26(14)2)20-19(15-7-4-3-5-8-15)22-13-27(20)12-18-24-21(29-25-18)17-9-6-10-28-17/h3-11,13H,12H2,1-2H3. The Labute approximate surface area is 166 Å². The molecule has 0 atom stereocenters. The lowest BCUT2D eigenvalue weighted by molar-refractivity contribution is 0.407. The van der Waals surface area contributed by atoms with E-state index in [4.69, 9.17) is 8.94 Å². The molecule has 0 aliphatic heterocycles. The summed E-state index contributed by atoms with van der Waals surface area (Å²) in [5.74, 6) is 1.44. The second-order valence-corrected chi connectivity index (χ2v) is 6.70. The van der Waals surface area contributed by atoms with E-state index in [0.717, 1.165) is 28.2 Å². The van der Waals surface area contributed by atoms with Crippen molar-refractivity contribution in [3.8, 4) is 34.2 Å². The molecule has 0 aliphatic rings. The number of benzene rings is 1. The molecule has 0 saturated carbocycles. The van der Waals surface area contributed by atoms with Gasteiger partial charge in [-0.05, 0) is 19.1 Å². The van der Waals surface area contributed by atoms with Gasteiger partial charge in [-0.15, -0.1) is 0 Å². The number of furan rings is 1. The molecule has 8 nitrogen and oxygen atoms in total. The molecule has 29 heavy (non-hydrogen) atoms. The summed E-state index contributed by atoms with van der Waals surface area (Å²) in [5.41, 5.74) is 4.95. The first-order chi connectivity index (χ1) is 14.2. The molecule has 0 saturated heterocycles. The fourth-order valence-corrected chi connectivity index (χ4v) is 3.29. The molecular formula is C21H18N6O2. The van der Waals surface area contributed by atoms with Crippen LogP contribution in [0.25, 0.3) is 34.2 Å². The topological polar surface area (TPSA) is 87.7 Å². The molecule has 0 spiro atoms. The van der Waals surface area contributed by atoms with Gasteiger partial charge < -0.3 is 13.5 Å². The van der Waals surface area contributed by atoms with Gasteiger partial charge in [0.1, 0.15) is 0 Å². The normalized spacial score (nSPS) is 11.2. The summed E-state index contributed by atoms with van der Waals surface area (Å²) in [7, 11) is 1.93. The predicted molar refractivity (Wildman–Crippen MR) is 106 cm³/mol. The van der Waals surface area contributed by atoms with Crippen molar-refractivity contribution < 1.29 is 8.94 Å². The van der Waals surface area contributed by atoms with Crippen molar-refractivity contribution in [3.05, 3.63) is 72.8 Å². The highest BCUT2D eigenvalue weighted by molar-refractivity contribution is 5.79. The molecule has 4 heterocycles. The third-order valence-electron chi connectivity index (χ3n) is 4.89. The third-order valence-corrected chi connectivity index (χ3v) is 4.89. The van der Waals surface area contributed by atoms with E-state index in [1.807, 2.05) is 59.7 Å². The lowest BCUT2D eigenvalue weighted by Crippen LogP contribution is -2.03. The van der Waals surface area contributed by atoms with Crippen molar-refractivity contribution in [2.45, 2.75) is 13.5 Å². The molecule has 5 rings (SSSR count). The van der Waals surface area contributed by atoms with Gasteiger partial charge in [-0.25, -0.2) is 4.98 Å². The van der Waals surface area contributed by atoms with Crippen molar-refractivity contribution in [1.82, 2.24) is 29.5 Å². The van der Waals surface area contributed by atoms with E-state index in [1.54, 1.807) is 24.7 Å². The maximum Gasteiger partial charge on any atom is 0.293 e. The fourth-order valence-electron chi connectivity index (χ4n) is 3.29. The number of imidazole rings is 1. The molecule has 8 heteroatoms. The van der Waals surface area contributed by atoms with Crippen LogP contribution in [-0.2, 0) is 13.6 Å². The molecule has 0 aliphatic carbocycles. The minimum atomic E-state index is 0.354. The highest BCUT2D eigenvalue weighted by Crippen LogP contribution is 2.33. The Morgan fingerprint density at radius 3 is 2.66 bits per heavy atom. The molecule has 5 aromatic rings. The molecule has 4 aromatic heterocycles. The van der Waals surface area contributed by atoms with Crippen molar-refractivity contribution in [2.24, 2.45) is 7.05 Å². The van der Waals surface area contributed by atoms with Crippen LogP contribution in [0, 0.1) is 6.92 Å². The van der Waals surface area contributed by atoms with Gasteiger partial charge in [0.05, 0.1) is 36.7 Å². The first kappa shape index (κ1) is 17.2. The third kappa shape index (κ3) is 3.04. The van der Waals surface area contributed by atoms with E-state index in [9.17, 15) is 0 Å². The maximum atomic E-state index is 5.34. The van der Waals surface area contributed by atoms with Crippen LogP contribution in [0.4, 0.5) is 0 Å². The van der Waals surface area contributed by atoms with Gasteiger partial charge in [-0.1, -0.05) is 35.5 Å². The van der Waals surface area contributed by atoms with Crippen LogP contribution in [0.2, 0.25) is 0 Å². The van der Waals surface area contributed by atoms with E-state index in [0.29, 0.717) is 24.0 Å². The molecular weight excluding hydrogens is 368 g/mol. The summed E-state index contributed by atoms with van der Waals surface area (Å²) in [6.07, 6.45) is 5.23. The van der Waals surface area contributed by atoms with Gasteiger partial charge >= 0.3 is 0 Å². The molecule has 0 fully saturated rings. The monoisotopic (exact) mass is 386 g/mol. The molecule has 1 aromatic carbocycles. The molecule has 0 amide bonds. The molecule has 0 N–H and O–H groups in total. The summed E-state index contributed by atoms with van der Waals surface area (Å²) >= 11 is 0. The van der Waals surface area contributed by atoms with Crippen LogP contribution in [0.5, 0.6) is 0 Å². The largest absolute Gasteiger partial charge is 0.459 e.